The van der Waals surface area contributed by atoms with Crippen molar-refractivity contribution in [2.45, 2.75) is 6.92 Å². The highest BCUT2D eigenvalue weighted by atomic mass is 35.5. The topological polar surface area (TPSA) is 50.4 Å². The maximum atomic E-state index is 10.4. The van der Waals surface area contributed by atoms with Crippen LogP contribution in [0.15, 0.2) is 40.8 Å². The van der Waals surface area contributed by atoms with Gasteiger partial charge in [-0.25, -0.2) is 4.79 Å². The lowest BCUT2D eigenvalue weighted by atomic mass is 10.1. The number of furan rings is 1. The van der Waals surface area contributed by atoms with Crippen LogP contribution in [0, 0.1) is 6.92 Å². The van der Waals surface area contributed by atoms with Crippen LogP contribution >= 0.6 is 11.6 Å². The molecular weight excluding hydrogens is 252 g/mol. The van der Waals surface area contributed by atoms with Crippen LogP contribution in [0.4, 0.5) is 0 Å². The van der Waals surface area contributed by atoms with Gasteiger partial charge in [0.05, 0.1) is 0 Å². The van der Waals surface area contributed by atoms with E-state index in [1.54, 1.807) is 18.2 Å². The highest BCUT2D eigenvalue weighted by molar-refractivity contribution is 6.30. The second kappa shape index (κ2) is 5.10. The molecule has 0 spiro atoms. The summed E-state index contributed by atoms with van der Waals surface area (Å²) in [5, 5.41) is 9.20. The Kier molecular flexibility index (Phi) is 3.53. The Labute approximate surface area is 109 Å². The van der Waals surface area contributed by atoms with Crippen LogP contribution in [0.25, 0.3) is 17.4 Å². The van der Waals surface area contributed by atoms with Crippen molar-refractivity contribution < 1.29 is 14.3 Å². The second-order valence-corrected chi connectivity index (χ2v) is 4.27. The Bertz CT molecular complexity index is 611. The fourth-order valence-corrected chi connectivity index (χ4v) is 1.87. The molecule has 0 bridgehead atoms. The van der Waals surface area contributed by atoms with E-state index in [4.69, 9.17) is 21.1 Å². The van der Waals surface area contributed by atoms with Crippen molar-refractivity contribution in [1.29, 1.82) is 0 Å². The van der Waals surface area contributed by atoms with Gasteiger partial charge in [-0.3, -0.25) is 0 Å². The molecule has 0 aliphatic rings. The third-order valence-electron chi connectivity index (χ3n) is 2.47. The lowest BCUT2D eigenvalue weighted by Gasteiger charge is -2.02. The molecule has 1 heterocycles. The highest BCUT2D eigenvalue weighted by Gasteiger charge is 2.06. The molecule has 0 fully saturated rings. The van der Waals surface area contributed by atoms with Crippen molar-refractivity contribution in [3.63, 3.8) is 0 Å². The molecule has 1 aromatic heterocycles. The Hall–Kier alpha value is -2.00. The van der Waals surface area contributed by atoms with Gasteiger partial charge >= 0.3 is 5.97 Å². The summed E-state index contributed by atoms with van der Waals surface area (Å²) in [7, 11) is 0. The maximum Gasteiger partial charge on any atom is 0.328 e. The summed E-state index contributed by atoms with van der Waals surface area (Å²) in [6, 6.07) is 9.05. The van der Waals surface area contributed by atoms with Crippen LogP contribution < -0.4 is 0 Å². The first-order chi connectivity index (χ1) is 8.56. The Morgan fingerprint density at radius 2 is 2.11 bits per heavy atom. The summed E-state index contributed by atoms with van der Waals surface area (Å²) in [5.41, 5.74) is 1.94. The van der Waals surface area contributed by atoms with Gasteiger partial charge in [-0.05, 0) is 48.9 Å². The van der Waals surface area contributed by atoms with Gasteiger partial charge in [-0.15, -0.1) is 0 Å². The van der Waals surface area contributed by atoms with Gasteiger partial charge in [-0.1, -0.05) is 11.6 Å². The molecule has 0 saturated carbocycles. The van der Waals surface area contributed by atoms with Gasteiger partial charge in [0.2, 0.25) is 0 Å². The summed E-state index contributed by atoms with van der Waals surface area (Å²) < 4.78 is 5.55. The largest absolute Gasteiger partial charge is 0.478 e. The molecule has 92 valence electrons. The molecule has 0 saturated heterocycles. The van der Waals surface area contributed by atoms with E-state index in [9.17, 15) is 4.79 Å². The van der Waals surface area contributed by atoms with E-state index in [1.807, 2.05) is 19.1 Å². The van der Waals surface area contributed by atoms with E-state index in [1.165, 1.54) is 6.08 Å². The third kappa shape index (κ3) is 2.81. The van der Waals surface area contributed by atoms with Gasteiger partial charge in [0.25, 0.3) is 0 Å². The minimum Gasteiger partial charge on any atom is -0.478 e. The normalized spacial score (nSPS) is 11.0. The number of halogens is 1. The summed E-state index contributed by atoms with van der Waals surface area (Å²) in [4.78, 5) is 10.4. The van der Waals surface area contributed by atoms with Crippen molar-refractivity contribution in [2.75, 3.05) is 0 Å². The molecular formula is C14H11ClO3. The smallest absolute Gasteiger partial charge is 0.328 e. The molecule has 1 N–H and O–H groups in total. The number of carbonyl (C=O) groups is 1. The van der Waals surface area contributed by atoms with Crippen LogP contribution in [0.1, 0.15) is 11.3 Å². The van der Waals surface area contributed by atoms with Crippen LogP contribution in [0.2, 0.25) is 5.02 Å². The van der Waals surface area contributed by atoms with Gasteiger partial charge in [0.15, 0.2) is 0 Å². The van der Waals surface area contributed by atoms with E-state index in [0.29, 0.717) is 16.5 Å². The van der Waals surface area contributed by atoms with Crippen LogP contribution in [-0.2, 0) is 4.79 Å². The predicted octanol–water partition coefficient (Wildman–Crippen LogP) is 4.01. The van der Waals surface area contributed by atoms with Crippen LogP contribution in [0.5, 0.6) is 0 Å². The number of benzene rings is 1. The van der Waals surface area contributed by atoms with Crippen LogP contribution in [0.3, 0.4) is 0 Å². The van der Waals surface area contributed by atoms with Gasteiger partial charge < -0.3 is 9.52 Å². The molecule has 3 nitrogen and oxygen atoms in total. The third-order valence-corrected chi connectivity index (χ3v) is 2.71. The fourth-order valence-electron chi connectivity index (χ4n) is 1.64. The van der Waals surface area contributed by atoms with Crippen molar-refractivity contribution >= 4 is 23.6 Å². The summed E-state index contributed by atoms with van der Waals surface area (Å²) in [6.45, 7) is 1.94. The number of hydrogen-bond donors (Lipinski definition) is 1. The zero-order chi connectivity index (χ0) is 13.1. The summed E-state index contributed by atoms with van der Waals surface area (Å²) in [6.07, 6.45) is 2.45. The number of carboxylic acid groups (broad SMARTS) is 1. The van der Waals surface area contributed by atoms with E-state index in [0.717, 1.165) is 17.2 Å². The lowest BCUT2D eigenvalue weighted by Crippen LogP contribution is -1.84. The second-order valence-electron chi connectivity index (χ2n) is 3.83. The van der Waals surface area contributed by atoms with E-state index in [2.05, 4.69) is 0 Å². The SMILES string of the molecule is Cc1cc(Cl)ccc1-c1ccc(/C=C/C(=O)O)o1. The minimum atomic E-state index is -1.00. The van der Waals surface area contributed by atoms with E-state index in [-0.39, 0.29) is 0 Å². The number of rotatable bonds is 3. The number of carboxylic acids is 1. The highest BCUT2D eigenvalue weighted by Crippen LogP contribution is 2.27. The Morgan fingerprint density at radius 3 is 2.78 bits per heavy atom. The summed E-state index contributed by atoms with van der Waals surface area (Å²) >= 11 is 5.89. The van der Waals surface area contributed by atoms with E-state index >= 15 is 0 Å². The minimum absolute atomic E-state index is 0.502. The predicted molar refractivity (Wildman–Crippen MR) is 70.6 cm³/mol. The van der Waals surface area contributed by atoms with Crippen molar-refractivity contribution in [1.82, 2.24) is 0 Å². The first-order valence-electron chi connectivity index (χ1n) is 5.33. The van der Waals surface area contributed by atoms with Gasteiger partial charge in [0, 0.05) is 16.7 Å². The molecule has 0 atom stereocenters. The molecule has 4 heteroatoms. The fraction of sp³-hybridized carbons (Fsp3) is 0.0714. The zero-order valence-electron chi connectivity index (χ0n) is 9.68. The molecule has 0 amide bonds. The zero-order valence-corrected chi connectivity index (χ0v) is 10.4. The van der Waals surface area contributed by atoms with Crippen molar-refractivity contribution in [2.24, 2.45) is 0 Å². The molecule has 1 aromatic carbocycles. The standard InChI is InChI=1S/C14H11ClO3/c1-9-8-10(15)2-5-12(9)13-6-3-11(18-13)4-7-14(16)17/h2-8H,1H3,(H,16,17)/b7-4+. The first-order valence-corrected chi connectivity index (χ1v) is 5.71. The average Bonchev–Trinajstić information content (AvgIpc) is 2.75. The summed E-state index contributed by atoms with van der Waals surface area (Å²) in [5.74, 6) is 0.187. The lowest BCUT2D eigenvalue weighted by molar-refractivity contribution is -0.131. The average molecular weight is 263 g/mol. The molecule has 2 aromatic rings. The van der Waals surface area contributed by atoms with Crippen molar-refractivity contribution in [3.05, 3.63) is 52.8 Å². The first kappa shape index (κ1) is 12.5. The maximum absolute atomic E-state index is 10.4. The number of hydrogen-bond acceptors (Lipinski definition) is 2. The monoisotopic (exact) mass is 262 g/mol. The molecule has 0 aliphatic heterocycles. The van der Waals surface area contributed by atoms with Gasteiger partial charge in [0.1, 0.15) is 11.5 Å². The molecule has 0 radical (unpaired) electrons. The van der Waals surface area contributed by atoms with Gasteiger partial charge in [-0.2, -0.15) is 0 Å². The molecule has 0 unspecified atom stereocenters. The van der Waals surface area contributed by atoms with Crippen molar-refractivity contribution in [3.8, 4) is 11.3 Å². The Balaban J connectivity index is 2.32. The molecule has 0 aliphatic carbocycles. The van der Waals surface area contributed by atoms with E-state index < -0.39 is 5.97 Å². The van der Waals surface area contributed by atoms with Crippen LogP contribution in [-0.4, -0.2) is 11.1 Å². The number of aliphatic carboxylic acids is 1. The molecule has 2 rings (SSSR count). The molecule has 18 heavy (non-hydrogen) atoms. The number of aryl methyl sites for hydroxylation is 1. The quantitative estimate of drug-likeness (QED) is 0.851. The Morgan fingerprint density at radius 1 is 1.33 bits per heavy atom.